The molecule has 1 N–H and O–H groups in total. The van der Waals surface area contributed by atoms with Crippen LogP contribution in [0.1, 0.15) is 11.6 Å². The van der Waals surface area contributed by atoms with E-state index in [2.05, 4.69) is 22.4 Å². The lowest BCUT2D eigenvalue weighted by atomic mass is 10.2. The number of amides is 1. The summed E-state index contributed by atoms with van der Waals surface area (Å²) in [4.78, 5) is 16.7. The molecular weight excluding hydrogens is 302 g/mol. The quantitative estimate of drug-likeness (QED) is 0.620. The first kappa shape index (κ1) is 14.5. The van der Waals surface area contributed by atoms with Crippen LogP contribution < -0.4 is 5.32 Å². The zero-order valence-corrected chi connectivity index (χ0v) is 13.5. The molecule has 0 bridgehead atoms. The summed E-state index contributed by atoms with van der Waals surface area (Å²) in [7, 11) is 0. The fourth-order valence-corrected chi connectivity index (χ4v) is 3.02. The summed E-state index contributed by atoms with van der Waals surface area (Å²) in [6.07, 6.45) is 0. The summed E-state index contributed by atoms with van der Waals surface area (Å²) < 4.78 is 7.47. The SMILES string of the molecule is Cc1nc2cc(NC(=O)Cn3c(C)cc4ccccc43)ccc2o1. The predicted molar refractivity (Wildman–Crippen MR) is 94.1 cm³/mol. The van der Waals surface area contributed by atoms with Gasteiger partial charge in [-0.1, -0.05) is 18.2 Å². The maximum Gasteiger partial charge on any atom is 0.244 e. The van der Waals surface area contributed by atoms with E-state index in [1.54, 1.807) is 6.92 Å². The van der Waals surface area contributed by atoms with E-state index in [1.807, 2.05) is 47.9 Å². The Labute approximate surface area is 138 Å². The number of anilines is 1. The summed E-state index contributed by atoms with van der Waals surface area (Å²) in [5.74, 6) is 0.543. The van der Waals surface area contributed by atoms with Crippen LogP contribution in [0.5, 0.6) is 0 Å². The van der Waals surface area contributed by atoms with Crippen LogP contribution in [0.25, 0.3) is 22.0 Å². The molecule has 5 nitrogen and oxygen atoms in total. The maximum absolute atomic E-state index is 12.4. The molecule has 0 aliphatic heterocycles. The van der Waals surface area contributed by atoms with E-state index >= 15 is 0 Å². The van der Waals surface area contributed by atoms with Crippen molar-refractivity contribution in [3.05, 3.63) is 60.1 Å². The lowest BCUT2D eigenvalue weighted by Crippen LogP contribution is -2.19. The summed E-state index contributed by atoms with van der Waals surface area (Å²) >= 11 is 0. The Kier molecular flexibility index (Phi) is 3.34. The number of hydrogen-bond donors (Lipinski definition) is 1. The van der Waals surface area contributed by atoms with Gasteiger partial charge in [-0.2, -0.15) is 0 Å². The number of nitrogens with one attached hydrogen (secondary N) is 1. The van der Waals surface area contributed by atoms with Crippen molar-refractivity contribution in [1.82, 2.24) is 9.55 Å². The van der Waals surface area contributed by atoms with Gasteiger partial charge in [0.1, 0.15) is 12.1 Å². The Morgan fingerprint density at radius 1 is 1.17 bits per heavy atom. The lowest BCUT2D eigenvalue weighted by Gasteiger charge is -2.09. The highest BCUT2D eigenvalue weighted by Crippen LogP contribution is 2.21. The molecule has 120 valence electrons. The van der Waals surface area contributed by atoms with Gasteiger partial charge in [0.25, 0.3) is 0 Å². The third kappa shape index (κ3) is 2.54. The highest BCUT2D eigenvalue weighted by Gasteiger charge is 2.10. The summed E-state index contributed by atoms with van der Waals surface area (Å²) in [6.45, 7) is 4.09. The summed E-state index contributed by atoms with van der Waals surface area (Å²) in [5, 5.41) is 4.07. The van der Waals surface area contributed by atoms with E-state index in [0.717, 1.165) is 33.4 Å². The second-order valence-corrected chi connectivity index (χ2v) is 5.89. The first-order valence-corrected chi connectivity index (χ1v) is 7.82. The minimum atomic E-state index is -0.0704. The van der Waals surface area contributed by atoms with E-state index in [9.17, 15) is 4.79 Å². The zero-order chi connectivity index (χ0) is 16.7. The largest absolute Gasteiger partial charge is 0.441 e. The molecule has 0 spiro atoms. The number of rotatable bonds is 3. The van der Waals surface area contributed by atoms with Crippen LogP contribution in [-0.4, -0.2) is 15.5 Å². The van der Waals surface area contributed by atoms with Crippen LogP contribution in [0.3, 0.4) is 0 Å². The van der Waals surface area contributed by atoms with Gasteiger partial charge in [-0.3, -0.25) is 4.79 Å². The Balaban J connectivity index is 1.57. The first-order chi connectivity index (χ1) is 11.6. The van der Waals surface area contributed by atoms with Gasteiger partial charge in [0.2, 0.25) is 5.91 Å². The fourth-order valence-electron chi connectivity index (χ4n) is 3.02. The smallest absolute Gasteiger partial charge is 0.244 e. The van der Waals surface area contributed by atoms with Crippen LogP contribution >= 0.6 is 0 Å². The maximum atomic E-state index is 12.4. The van der Waals surface area contributed by atoms with Crippen LogP contribution in [0.2, 0.25) is 0 Å². The van der Waals surface area contributed by atoms with Crippen LogP contribution in [0, 0.1) is 13.8 Å². The molecule has 0 atom stereocenters. The molecule has 2 aromatic carbocycles. The Hall–Kier alpha value is -3.08. The number of fused-ring (bicyclic) bond motifs is 2. The summed E-state index contributed by atoms with van der Waals surface area (Å²) in [5.41, 5.74) is 4.31. The Morgan fingerprint density at radius 2 is 2.00 bits per heavy atom. The van der Waals surface area contributed by atoms with Gasteiger partial charge in [-0.25, -0.2) is 4.98 Å². The van der Waals surface area contributed by atoms with Crippen molar-refractivity contribution in [3.8, 4) is 0 Å². The lowest BCUT2D eigenvalue weighted by molar-refractivity contribution is -0.116. The number of carbonyl (C=O) groups is 1. The predicted octanol–water partition coefficient (Wildman–Crippen LogP) is 4.04. The van der Waals surface area contributed by atoms with Crippen molar-refractivity contribution in [2.75, 3.05) is 5.32 Å². The number of benzene rings is 2. The Morgan fingerprint density at radius 3 is 2.88 bits per heavy atom. The number of carbonyl (C=O) groups excluding carboxylic acids is 1. The van der Waals surface area contributed by atoms with Crippen molar-refractivity contribution in [2.45, 2.75) is 20.4 Å². The number of hydrogen-bond acceptors (Lipinski definition) is 3. The minimum absolute atomic E-state index is 0.0704. The second-order valence-electron chi connectivity index (χ2n) is 5.89. The third-order valence-corrected chi connectivity index (χ3v) is 4.10. The molecule has 4 rings (SSSR count). The molecule has 5 heteroatoms. The number of nitrogens with zero attached hydrogens (tertiary/aromatic N) is 2. The molecule has 2 heterocycles. The summed E-state index contributed by atoms with van der Waals surface area (Å²) in [6, 6.07) is 15.6. The van der Waals surface area contributed by atoms with E-state index < -0.39 is 0 Å². The monoisotopic (exact) mass is 319 g/mol. The number of para-hydroxylation sites is 1. The van der Waals surface area contributed by atoms with E-state index in [-0.39, 0.29) is 12.5 Å². The topological polar surface area (TPSA) is 60.1 Å². The highest BCUT2D eigenvalue weighted by atomic mass is 16.3. The average molecular weight is 319 g/mol. The molecule has 0 fully saturated rings. The van der Waals surface area contributed by atoms with Crippen molar-refractivity contribution in [3.63, 3.8) is 0 Å². The van der Waals surface area contributed by atoms with E-state index in [0.29, 0.717) is 5.89 Å². The highest BCUT2D eigenvalue weighted by molar-refractivity contribution is 5.94. The van der Waals surface area contributed by atoms with E-state index in [4.69, 9.17) is 4.42 Å². The number of aromatic nitrogens is 2. The average Bonchev–Trinajstić information content (AvgIpc) is 3.06. The number of oxazole rings is 1. The van der Waals surface area contributed by atoms with Crippen molar-refractivity contribution in [2.24, 2.45) is 0 Å². The zero-order valence-electron chi connectivity index (χ0n) is 13.5. The molecule has 0 radical (unpaired) electrons. The molecule has 4 aromatic rings. The number of aryl methyl sites for hydroxylation is 2. The molecule has 0 aliphatic rings. The Bertz CT molecular complexity index is 1060. The molecule has 2 aromatic heterocycles. The van der Waals surface area contributed by atoms with Gasteiger partial charge in [-0.15, -0.1) is 0 Å². The van der Waals surface area contributed by atoms with E-state index in [1.165, 1.54) is 0 Å². The van der Waals surface area contributed by atoms with Gasteiger partial charge in [0, 0.05) is 23.8 Å². The molecule has 0 aliphatic carbocycles. The molecule has 0 saturated carbocycles. The minimum Gasteiger partial charge on any atom is -0.441 e. The third-order valence-electron chi connectivity index (χ3n) is 4.10. The van der Waals surface area contributed by atoms with Crippen molar-refractivity contribution in [1.29, 1.82) is 0 Å². The normalized spacial score (nSPS) is 11.2. The van der Waals surface area contributed by atoms with Gasteiger partial charge in [-0.05, 0) is 42.6 Å². The van der Waals surface area contributed by atoms with Gasteiger partial charge >= 0.3 is 0 Å². The van der Waals surface area contributed by atoms with Gasteiger partial charge in [0.15, 0.2) is 11.5 Å². The van der Waals surface area contributed by atoms with Crippen LogP contribution in [-0.2, 0) is 11.3 Å². The van der Waals surface area contributed by atoms with Crippen LogP contribution in [0.4, 0.5) is 5.69 Å². The molecule has 0 saturated heterocycles. The van der Waals surface area contributed by atoms with Gasteiger partial charge < -0.3 is 14.3 Å². The molecular formula is C19H17N3O2. The van der Waals surface area contributed by atoms with Crippen molar-refractivity contribution >= 4 is 33.6 Å². The first-order valence-electron chi connectivity index (χ1n) is 7.82. The van der Waals surface area contributed by atoms with Crippen molar-refractivity contribution < 1.29 is 9.21 Å². The fraction of sp³-hybridized carbons (Fsp3) is 0.158. The molecule has 24 heavy (non-hydrogen) atoms. The second kappa shape index (κ2) is 5.53. The molecule has 1 amide bonds. The van der Waals surface area contributed by atoms with Gasteiger partial charge in [0.05, 0.1) is 0 Å². The molecule has 0 unspecified atom stereocenters. The standard InChI is InChI=1S/C19H17N3O2/c1-12-9-14-5-3-4-6-17(14)22(12)11-19(23)21-15-7-8-18-16(10-15)20-13(2)24-18/h3-10H,11H2,1-2H3,(H,21,23). The van der Waals surface area contributed by atoms with Crippen LogP contribution in [0.15, 0.2) is 52.9 Å².